The molecule has 0 bridgehead atoms. The first-order valence-corrected chi connectivity index (χ1v) is 10.4. The summed E-state index contributed by atoms with van der Waals surface area (Å²) in [6.07, 6.45) is 1.75. The van der Waals surface area contributed by atoms with Crippen LogP contribution in [-0.4, -0.2) is 51.5 Å². The number of thiophene rings is 1. The lowest BCUT2D eigenvalue weighted by Gasteiger charge is -2.20. The van der Waals surface area contributed by atoms with Crippen LogP contribution >= 0.6 is 11.3 Å². The highest BCUT2D eigenvalue weighted by atomic mass is 32.1. The van der Waals surface area contributed by atoms with Crippen LogP contribution in [0.1, 0.15) is 24.6 Å². The van der Waals surface area contributed by atoms with Crippen LogP contribution in [-0.2, 0) is 9.59 Å². The number of carbonyl (C=O) groups is 2. The van der Waals surface area contributed by atoms with Gasteiger partial charge in [0.15, 0.2) is 0 Å². The summed E-state index contributed by atoms with van der Waals surface area (Å²) in [6, 6.07) is 10.1. The molecule has 1 aromatic carbocycles. The molecule has 3 aromatic rings. The Hall–Kier alpha value is -3.00. The first-order valence-electron chi connectivity index (χ1n) is 9.54. The van der Waals surface area contributed by atoms with E-state index in [0.717, 1.165) is 26.2 Å². The van der Waals surface area contributed by atoms with Crippen molar-refractivity contribution >= 4 is 39.2 Å². The lowest BCUT2D eigenvalue weighted by atomic mass is 10.0. The van der Waals surface area contributed by atoms with E-state index in [1.807, 2.05) is 25.1 Å². The number of hydrogen-bond donors (Lipinski definition) is 2. The Bertz CT molecular complexity index is 1000. The van der Waals surface area contributed by atoms with Gasteiger partial charge in [0.05, 0.1) is 11.8 Å². The number of carboxylic acids is 1. The predicted molar refractivity (Wildman–Crippen MR) is 115 cm³/mol. The zero-order valence-electron chi connectivity index (χ0n) is 16.5. The van der Waals surface area contributed by atoms with Crippen LogP contribution in [0.5, 0.6) is 0 Å². The maximum atomic E-state index is 12.4. The van der Waals surface area contributed by atoms with Crippen molar-refractivity contribution < 1.29 is 14.7 Å². The van der Waals surface area contributed by atoms with E-state index in [1.165, 1.54) is 6.33 Å². The van der Waals surface area contributed by atoms with Gasteiger partial charge in [-0.3, -0.25) is 9.59 Å². The largest absolute Gasteiger partial charge is 0.481 e. The quantitative estimate of drug-likeness (QED) is 0.555. The summed E-state index contributed by atoms with van der Waals surface area (Å²) in [5, 5.41) is 13.1. The number of rotatable bonds is 9. The molecule has 0 aliphatic carbocycles. The van der Waals surface area contributed by atoms with Crippen molar-refractivity contribution in [1.29, 1.82) is 0 Å². The maximum absolute atomic E-state index is 12.4. The van der Waals surface area contributed by atoms with Crippen LogP contribution in [0.15, 0.2) is 36.7 Å². The minimum Gasteiger partial charge on any atom is -0.481 e. The Morgan fingerprint density at radius 1 is 1.17 bits per heavy atom. The zero-order chi connectivity index (χ0) is 20.8. The first kappa shape index (κ1) is 20.7. The van der Waals surface area contributed by atoms with Gasteiger partial charge in [0.1, 0.15) is 17.0 Å². The van der Waals surface area contributed by atoms with Gasteiger partial charge >= 0.3 is 5.97 Å². The molecule has 0 aliphatic rings. The number of aliphatic carboxylic acids is 1. The van der Waals surface area contributed by atoms with Gasteiger partial charge in [-0.1, -0.05) is 30.3 Å². The van der Waals surface area contributed by atoms with Gasteiger partial charge in [-0.05, 0) is 19.4 Å². The number of aryl methyl sites for hydroxylation is 1. The van der Waals surface area contributed by atoms with E-state index in [0.29, 0.717) is 18.9 Å². The number of fused-ring (bicyclic) bond motifs is 1. The number of benzene rings is 1. The molecule has 2 N–H and O–H groups in total. The average Bonchev–Trinajstić information content (AvgIpc) is 3.05. The topological polar surface area (TPSA) is 95.4 Å². The van der Waals surface area contributed by atoms with Crippen molar-refractivity contribution in [1.82, 2.24) is 14.9 Å². The standard InChI is InChI=1S/C21H24N4O3S/c1-3-25(12-10-17(27)28)16(26)9-11-22-20-19-18(15-7-5-4-6-8-15)14(2)29-21(19)24-13-23-20/h4-8,13H,3,9-12H2,1-2H3,(H,27,28)(H,22,23,24). The second-order valence-electron chi connectivity index (χ2n) is 6.60. The molecule has 3 rings (SSSR count). The van der Waals surface area contributed by atoms with E-state index >= 15 is 0 Å². The molecule has 0 fully saturated rings. The van der Waals surface area contributed by atoms with Crippen LogP contribution in [0.4, 0.5) is 5.82 Å². The SMILES string of the molecule is CCN(CCC(=O)O)C(=O)CCNc1ncnc2sc(C)c(-c3ccccc3)c12. The summed E-state index contributed by atoms with van der Waals surface area (Å²) < 4.78 is 0. The molecule has 152 valence electrons. The Morgan fingerprint density at radius 2 is 1.93 bits per heavy atom. The molecule has 1 amide bonds. The lowest BCUT2D eigenvalue weighted by Crippen LogP contribution is -2.33. The maximum Gasteiger partial charge on any atom is 0.305 e. The van der Waals surface area contributed by atoms with E-state index in [9.17, 15) is 9.59 Å². The van der Waals surface area contributed by atoms with Gasteiger partial charge in [0.25, 0.3) is 0 Å². The Labute approximate surface area is 173 Å². The van der Waals surface area contributed by atoms with Crippen LogP contribution in [0.3, 0.4) is 0 Å². The molecule has 0 saturated heterocycles. The average molecular weight is 413 g/mol. The molecule has 0 aliphatic heterocycles. The molecular weight excluding hydrogens is 388 g/mol. The second-order valence-corrected chi connectivity index (χ2v) is 7.80. The number of aromatic nitrogens is 2. The zero-order valence-corrected chi connectivity index (χ0v) is 17.3. The minimum atomic E-state index is -0.904. The molecule has 8 heteroatoms. The van der Waals surface area contributed by atoms with Gasteiger partial charge in [-0.15, -0.1) is 11.3 Å². The van der Waals surface area contributed by atoms with Gasteiger partial charge in [-0.2, -0.15) is 0 Å². The fourth-order valence-electron chi connectivity index (χ4n) is 3.27. The summed E-state index contributed by atoms with van der Waals surface area (Å²) in [4.78, 5) is 35.6. The van der Waals surface area contributed by atoms with Gasteiger partial charge in [-0.25, -0.2) is 9.97 Å². The molecule has 0 saturated carbocycles. The summed E-state index contributed by atoms with van der Waals surface area (Å²) >= 11 is 1.62. The van der Waals surface area contributed by atoms with Crippen LogP contribution in [0.2, 0.25) is 0 Å². The van der Waals surface area contributed by atoms with E-state index in [1.54, 1.807) is 16.2 Å². The third kappa shape index (κ3) is 4.89. The van der Waals surface area contributed by atoms with Crippen LogP contribution in [0.25, 0.3) is 21.3 Å². The number of amides is 1. The van der Waals surface area contributed by atoms with Crippen molar-refractivity contribution in [3.8, 4) is 11.1 Å². The molecule has 0 spiro atoms. The third-order valence-corrected chi connectivity index (χ3v) is 5.70. The highest BCUT2D eigenvalue weighted by Crippen LogP contribution is 2.40. The number of hydrogen-bond acceptors (Lipinski definition) is 6. The lowest BCUT2D eigenvalue weighted by molar-refractivity contribution is -0.138. The van der Waals surface area contributed by atoms with Crippen LogP contribution < -0.4 is 5.32 Å². The minimum absolute atomic E-state index is 0.0475. The Kier molecular flexibility index (Phi) is 6.77. The van der Waals surface area contributed by atoms with Gasteiger partial charge in [0.2, 0.25) is 5.91 Å². The molecule has 0 atom stereocenters. The molecule has 2 aromatic heterocycles. The van der Waals surface area contributed by atoms with Crippen LogP contribution in [0, 0.1) is 6.92 Å². The third-order valence-electron chi connectivity index (χ3n) is 4.69. The molecule has 0 unspecified atom stereocenters. The second kappa shape index (κ2) is 9.47. The number of nitrogens with one attached hydrogen (secondary N) is 1. The fourth-order valence-corrected chi connectivity index (χ4v) is 4.28. The van der Waals surface area contributed by atoms with Crippen molar-refractivity contribution in [2.24, 2.45) is 0 Å². The predicted octanol–water partition coefficient (Wildman–Crippen LogP) is 3.79. The number of carboxylic acid groups (broad SMARTS) is 1. The number of anilines is 1. The monoisotopic (exact) mass is 412 g/mol. The summed E-state index contributed by atoms with van der Waals surface area (Å²) in [7, 11) is 0. The Morgan fingerprint density at radius 3 is 2.62 bits per heavy atom. The molecule has 29 heavy (non-hydrogen) atoms. The van der Waals surface area contributed by atoms with Crippen molar-refractivity contribution in [2.45, 2.75) is 26.7 Å². The molecule has 0 radical (unpaired) electrons. The summed E-state index contributed by atoms with van der Waals surface area (Å²) in [5.74, 6) is -0.269. The van der Waals surface area contributed by atoms with E-state index in [-0.39, 0.29) is 25.3 Å². The normalized spacial score (nSPS) is 10.8. The van der Waals surface area contributed by atoms with Crippen molar-refractivity contribution in [3.05, 3.63) is 41.5 Å². The number of nitrogens with zero attached hydrogens (tertiary/aromatic N) is 3. The van der Waals surface area contributed by atoms with Crippen molar-refractivity contribution in [2.75, 3.05) is 25.0 Å². The molecular formula is C21H24N4O3S. The molecule has 7 nitrogen and oxygen atoms in total. The van der Waals surface area contributed by atoms with E-state index in [4.69, 9.17) is 5.11 Å². The van der Waals surface area contributed by atoms with Crippen molar-refractivity contribution in [3.63, 3.8) is 0 Å². The van der Waals surface area contributed by atoms with E-state index < -0.39 is 5.97 Å². The fraction of sp³-hybridized carbons (Fsp3) is 0.333. The summed E-state index contributed by atoms with van der Waals surface area (Å²) in [6.45, 7) is 5.05. The highest BCUT2D eigenvalue weighted by molar-refractivity contribution is 7.19. The number of carbonyl (C=O) groups excluding carboxylic acids is 1. The van der Waals surface area contributed by atoms with Gasteiger partial charge < -0.3 is 15.3 Å². The van der Waals surface area contributed by atoms with E-state index in [2.05, 4.69) is 34.3 Å². The molecule has 2 heterocycles. The smallest absolute Gasteiger partial charge is 0.305 e. The summed E-state index contributed by atoms with van der Waals surface area (Å²) in [5.41, 5.74) is 2.22. The first-order chi connectivity index (χ1) is 14.0. The Balaban J connectivity index is 1.76. The van der Waals surface area contributed by atoms with Gasteiger partial charge in [0, 0.05) is 36.5 Å². The highest BCUT2D eigenvalue weighted by Gasteiger charge is 2.17.